The van der Waals surface area contributed by atoms with Crippen molar-refractivity contribution in [2.45, 2.75) is 44.6 Å². The van der Waals surface area contributed by atoms with Gasteiger partial charge in [-0.1, -0.05) is 61.7 Å². The summed E-state index contributed by atoms with van der Waals surface area (Å²) < 4.78 is 19.5. The molecule has 2 aliphatic rings. The van der Waals surface area contributed by atoms with E-state index < -0.39 is 5.41 Å². The zero-order chi connectivity index (χ0) is 21.7. The lowest BCUT2D eigenvalue weighted by Crippen LogP contribution is -2.45. The third-order valence-electron chi connectivity index (χ3n) is 6.88. The molecule has 0 spiro atoms. The molecular weight excluding hydrogens is 393 g/mol. The van der Waals surface area contributed by atoms with Crippen LogP contribution in [0.4, 0.5) is 4.39 Å². The Morgan fingerprint density at radius 2 is 1.84 bits per heavy atom. The summed E-state index contributed by atoms with van der Waals surface area (Å²) in [5.41, 5.74) is 1.30. The van der Waals surface area contributed by atoms with Crippen LogP contribution in [-0.4, -0.2) is 36.8 Å². The minimum Gasteiger partial charge on any atom is -0.460 e. The number of carbonyl (C=O) groups excluding carboxylic acids is 2. The SMILES string of the molecule is O=C[C@H]1CN(CC2(C(=O)OCc3ccccc3)CCCCC2)C[C@@H]1c1cccc(F)c1. The lowest BCUT2D eigenvalue weighted by atomic mass is 9.73. The van der Waals surface area contributed by atoms with Crippen LogP contribution in [0, 0.1) is 17.2 Å². The standard InChI is InChI=1S/C26H30FNO3/c27-23-11-7-10-21(14-23)24-16-28(15-22(24)17-29)19-26(12-5-2-6-13-26)25(30)31-18-20-8-3-1-4-9-20/h1,3-4,7-11,14,17,22,24H,2,5-6,12-13,15-16,18-19H2/t22-,24-/m1/s1. The number of halogens is 1. The van der Waals surface area contributed by atoms with Gasteiger partial charge in [-0.05, 0) is 36.1 Å². The van der Waals surface area contributed by atoms with Crippen LogP contribution in [0.25, 0.3) is 0 Å². The van der Waals surface area contributed by atoms with Crippen LogP contribution in [0.2, 0.25) is 0 Å². The molecule has 5 heteroatoms. The van der Waals surface area contributed by atoms with Gasteiger partial charge in [0, 0.05) is 31.5 Å². The average Bonchev–Trinajstić information content (AvgIpc) is 3.21. The molecule has 0 aromatic heterocycles. The second-order valence-electron chi connectivity index (χ2n) is 9.06. The molecule has 0 amide bonds. The number of hydrogen-bond donors (Lipinski definition) is 0. The fourth-order valence-electron chi connectivity index (χ4n) is 5.23. The van der Waals surface area contributed by atoms with Gasteiger partial charge in [0.15, 0.2) is 0 Å². The third kappa shape index (κ3) is 5.04. The molecule has 2 fully saturated rings. The monoisotopic (exact) mass is 423 g/mol. The molecule has 1 saturated carbocycles. The molecule has 164 valence electrons. The zero-order valence-corrected chi connectivity index (χ0v) is 17.8. The maximum absolute atomic E-state index is 13.7. The molecule has 31 heavy (non-hydrogen) atoms. The molecule has 0 bridgehead atoms. The van der Waals surface area contributed by atoms with Gasteiger partial charge in [0.25, 0.3) is 0 Å². The normalized spacial score (nSPS) is 23.4. The molecule has 1 heterocycles. The van der Waals surface area contributed by atoms with Crippen LogP contribution in [-0.2, 0) is 20.9 Å². The summed E-state index contributed by atoms with van der Waals surface area (Å²) in [5, 5.41) is 0. The van der Waals surface area contributed by atoms with E-state index in [1.54, 1.807) is 6.07 Å². The summed E-state index contributed by atoms with van der Waals surface area (Å²) in [4.78, 5) is 27.2. The van der Waals surface area contributed by atoms with Gasteiger partial charge in [0.1, 0.15) is 18.7 Å². The molecule has 1 aliphatic heterocycles. The number of ether oxygens (including phenoxy) is 1. The number of hydrogen-bond acceptors (Lipinski definition) is 4. The van der Waals surface area contributed by atoms with E-state index in [2.05, 4.69) is 4.90 Å². The predicted octanol–water partition coefficient (Wildman–Crippen LogP) is 4.73. The van der Waals surface area contributed by atoms with Crippen molar-refractivity contribution in [3.8, 4) is 0 Å². The second-order valence-corrected chi connectivity index (χ2v) is 9.06. The van der Waals surface area contributed by atoms with Gasteiger partial charge in [-0.3, -0.25) is 4.79 Å². The molecular formula is C26H30FNO3. The highest BCUT2D eigenvalue weighted by atomic mass is 19.1. The molecule has 2 aromatic carbocycles. The number of esters is 1. The van der Waals surface area contributed by atoms with E-state index in [1.165, 1.54) is 12.1 Å². The van der Waals surface area contributed by atoms with Gasteiger partial charge < -0.3 is 14.4 Å². The Kier molecular flexibility index (Phi) is 6.81. The van der Waals surface area contributed by atoms with Gasteiger partial charge in [-0.2, -0.15) is 0 Å². The van der Waals surface area contributed by atoms with Crippen molar-refractivity contribution in [2.24, 2.45) is 11.3 Å². The smallest absolute Gasteiger partial charge is 0.313 e. The van der Waals surface area contributed by atoms with Gasteiger partial charge in [-0.15, -0.1) is 0 Å². The number of aldehydes is 1. The van der Waals surface area contributed by atoms with Crippen molar-refractivity contribution >= 4 is 12.3 Å². The van der Waals surface area contributed by atoms with Crippen LogP contribution in [0.5, 0.6) is 0 Å². The lowest BCUT2D eigenvalue weighted by molar-refractivity contribution is -0.161. The van der Waals surface area contributed by atoms with E-state index in [1.807, 2.05) is 36.4 Å². The summed E-state index contributed by atoms with van der Waals surface area (Å²) in [5.74, 6) is -0.654. The van der Waals surface area contributed by atoms with Crippen LogP contribution >= 0.6 is 0 Å². The van der Waals surface area contributed by atoms with Gasteiger partial charge in [0.05, 0.1) is 5.41 Å². The van der Waals surface area contributed by atoms with Crippen LogP contribution < -0.4 is 0 Å². The highest BCUT2D eigenvalue weighted by Crippen LogP contribution is 2.41. The van der Waals surface area contributed by atoms with E-state index in [9.17, 15) is 14.0 Å². The Bertz CT molecular complexity index is 895. The van der Waals surface area contributed by atoms with Crippen molar-refractivity contribution in [1.29, 1.82) is 0 Å². The Balaban J connectivity index is 1.47. The Hall–Kier alpha value is -2.53. The van der Waals surface area contributed by atoms with Crippen LogP contribution in [0.3, 0.4) is 0 Å². The minimum absolute atomic E-state index is 0.0471. The first-order valence-electron chi connectivity index (χ1n) is 11.2. The highest BCUT2D eigenvalue weighted by Gasteiger charge is 2.45. The van der Waals surface area contributed by atoms with Crippen LogP contribution in [0.1, 0.15) is 49.1 Å². The summed E-state index contributed by atoms with van der Waals surface area (Å²) >= 11 is 0. The maximum Gasteiger partial charge on any atom is 0.313 e. The third-order valence-corrected chi connectivity index (χ3v) is 6.88. The van der Waals surface area contributed by atoms with Crippen molar-refractivity contribution in [3.05, 3.63) is 71.5 Å². The zero-order valence-electron chi connectivity index (χ0n) is 17.8. The molecule has 2 atom stereocenters. The van der Waals surface area contributed by atoms with E-state index in [4.69, 9.17) is 4.74 Å². The quantitative estimate of drug-likeness (QED) is 0.477. The van der Waals surface area contributed by atoms with E-state index >= 15 is 0 Å². The van der Waals surface area contributed by atoms with E-state index in [0.29, 0.717) is 19.6 Å². The topological polar surface area (TPSA) is 46.6 Å². The number of likely N-dealkylation sites (tertiary alicyclic amines) is 1. The first kappa shape index (κ1) is 21.7. The maximum atomic E-state index is 13.7. The van der Waals surface area contributed by atoms with Crippen molar-refractivity contribution in [2.75, 3.05) is 19.6 Å². The largest absolute Gasteiger partial charge is 0.460 e. The van der Waals surface area contributed by atoms with Gasteiger partial charge >= 0.3 is 5.97 Å². The van der Waals surface area contributed by atoms with E-state index in [0.717, 1.165) is 49.5 Å². The average molecular weight is 424 g/mol. The second kappa shape index (κ2) is 9.73. The molecule has 0 radical (unpaired) electrons. The van der Waals surface area contributed by atoms with Crippen molar-refractivity contribution in [3.63, 3.8) is 0 Å². The molecule has 1 saturated heterocycles. The summed E-state index contributed by atoms with van der Waals surface area (Å²) in [7, 11) is 0. The Morgan fingerprint density at radius 1 is 1.06 bits per heavy atom. The number of benzene rings is 2. The predicted molar refractivity (Wildman–Crippen MR) is 117 cm³/mol. The van der Waals surface area contributed by atoms with Gasteiger partial charge in [0.2, 0.25) is 0 Å². The summed E-state index contributed by atoms with van der Waals surface area (Å²) in [6.07, 6.45) is 5.77. The molecule has 1 aliphatic carbocycles. The molecule has 0 unspecified atom stereocenters. The molecule has 0 N–H and O–H groups in total. The van der Waals surface area contributed by atoms with Crippen molar-refractivity contribution < 1.29 is 18.7 Å². The van der Waals surface area contributed by atoms with Gasteiger partial charge in [-0.25, -0.2) is 4.39 Å². The summed E-state index contributed by atoms with van der Waals surface area (Å²) in [6.45, 7) is 2.13. The number of nitrogens with zero attached hydrogens (tertiary/aromatic N) is 1. The molecule has 2 aromatic rings. The lowest BCUT2D eigenvalue weighted by Gasteiger charge is -2.38. The first-order chi connectivity index (χ1) is 15.1. The minimum atomic E-state index is -0.530. The first-order valence-corrected chi connectivity index (χ1v) is 11.2. The molecule has 4 rings (SSSR count). The Labute approximate surface area is 183 Å². The highest BCUT2D eigenvalue weighted by molar-refractivity contribution is 5.77. The van der Waals surface area contributed by atoms with E-state index in [-0.39, 0.29) is 30.2 Å². The number of rotatable bonds is 7. The number of carbonyl (C=O) groups is 2. The molecule has 4 nitrogen and oxygen atoms in total. The van der Waals surface area contributed by atoms with Crippen molar-refractivity contribution in [1.82, 2.24) is 4.90 Å². The van der Waals surface area contributed by atoms with Crippen LogP contribution in [0.15, 0.2) is 54.6 Å². The fourth-order valence-corrected chi connectivity index (χ4v) is 5.23. The Morgan fingerprint density at radius 3 is 2.55 bits per heavy atom. The fraction of sp³-hybridized carbons (Fsp3) is 0.462. The summed E-state index contributed by atoms with van der Waals surface area (Å²) in [6, 6.07) is 16.3.